The van der Waals surface area contributed by atoms with Crippen molar-refractivity contribution in [2.75, 3.05) is 53.0 Å². The van der Waals surface area contributed by atoms with Gasteiger partial charge in [0.15, 0.2) is 0 Å². The van der Waals surface area contributed by atoms with Crippen LogP contribution in [0.4, 0.5) is 0 Å². The molecule has 2 fully saturated rings. The predicted molar refractivity (Wildman–Crippen MR) is 99.4 cm³/mol. The van der Waals surface area contributed by atoms with Gasteiger partial charge in [0.05, 0.1) is 12.0 Å². The molecule has 0 atom stereocenters. The van der Waals surface area contributed by atoms with E-state index < -0.39 is 0 Å². The summed E-state index contributed by atoms with van der Waals surface area (Å²) in [7, 11) is 1.71. The lowest BCUT2D eigenvalue weighted by Gasteiger charge is -2.42. The normalized spacial score (nSPS) is 21.3. The first kappa shape index (κ1) is 18.4. The summed E-state index contributed by atoms with van der Waals surface area (Å²) in [6, 6.07) is 8.69. The molecule has 138 valence electrons. The van der Waals surface area contributed by atoms with Crippen molar-refractivity contribution in [3.63, 3.8) is 0 Å². The van der Waals surface area contributed by atoms with Gasteiger partial charge >= 0.3 is 0 Å². The van der Waals surface area contributed by atoms with Crippen LogP contribution in [0, 0.1) is 12.3 Å². The molecule has 0 radical (unpaired) electrons. The molecule has 0 bridgehead atoms. The number of carbonyl (C=O) groups excluding carboxylic acids is 1. The van der Waals surface area contributed by atoms with E-state index in [9.17, 15) is 4.79 Å². The van der Waals surface area contributed by atoms with E-state index in [0.29, 0.717) is 12.5 Å². The van der Waals surface area contributed by atoms with Crippen molar-refractivity contribution in [3.8, 4) is 0 Å². The average molecular weight is 345 g/mol. The fraction of sp³-hybridized carbons (Fsp3) is 0.650. The Morgan fingerprint density at radius 1 is 1.20 bits per heavy atom. The molecular formula is C20H31N3O2. The summed E-state index contributed by atoms with van der Waals surface area (Å²) >= 11 is 0. The Kier molecular flexibility index (Phi) is 6.10. The fourth-order valence-electron chi connectivity index (χ4n) is 4.11. The molecule has 5 nitrogen and oxygen atoms in total. The molecule has 2 aliphatic rings. The summed E-state index contributed by atoms with van der Waals surface area (Å²) in [6.45, 7) is 8.99. The number of methoxy groups -OCH3 is 1. The quantitative estimate of drug-likeness (QED) is 0.881. The third kappa shape index (κ3) is 4.40. The topological polar surface area (TPSA) is 44.8 Å². The van der Waals surface area contributed by atoms with Crippen LogP contribution in [0.5, 0.6) is 0 Å². The minimum atomic E-state index is -0.321. The van der Waals surface area contributed by atoms with Gasteiger partial charge in [0.2, 0.25) is 5.91 Å². The van der Waals surface area contributed by atoms with Crippen molar-refractivity contribution >= 4 is 5.91 Å². The first-order chi connectivity index (χ1) is 12.1. The molecule has 0 spiro atoms. The molecule has 3 rings (SSSR count). The molecule has 0 aromatic heterocycles. The lowest BCUT2D eigenvalue weighted by atomic mass is 9.78. The van der Waals surface area contributed by atoms with Crippen LogP contribution in [0.15, 0.2) is 24.3 Å². The molecule has 2 saturated heterocycles. The highest BCUT2D eigenvalue weighted by atomic mass is 16.5. The van der Waals surface area contributed by atoms with Crippen molar-refractivity contribution in [1.29, 1.82) is 0 Å². The third-order valence-electron chi connectivity index (χ3n) is 5.58. The second-order valence-electron chi connectivity index (χ2n) is 7.52. The maximum Gasteiger partial charge on any atom is 0.231 e. The lowest BCUT2D eigenvalue weighted by molar-refractivity contribution is -0.149. The Balaban J connectivity index is 1.56. The number of nitrogens with one attached hydrogen (secondary N) is 1. The number of hydrogen-bond acceptors (Lipinski definition) is 4. The van der Waals surface area contributed by atoms with Crippen molar-refractivity contribution in [3.05, 3.63) is 35.4 Å². The van der Waals surface area contributed by atoms with Gasteiger partial charge in [-0.05, 0) is 38.4 Å². The molecule has 1 aromatic carbocycles. The molecule has 0 aliphatic carbocycles. The van der Waals surface area contributed by atoms with E-state index in [2.05, 4.69) is 46.3 Å². The number of piperazine rings is 1. The third-order valence-corrected chi connectivity index (χ3v) is 5.58. The van der Waals surface area contributed by atoms with Gasteiger partial charge in [-0.1, -0.05) is 29.8 Å². The van der Waals surface area contributed by atoms with Crippen molar-refractivity contribution in [2.24, 2.45) is 5.41 Å². The highest BCUT2D eigenvalue weighted by Crippen LogP contribution is 2.32. The van der Waals surface area contributed by atoms with Gasteiger partial charge in [0.1, 0.15) is 0 Å². The van der Waals surface area contributed by atoms with Crippen LogP contribution in [0.25, 0.3) is 0 Å². The van der Waals surface area contributed by atoms with Gasteiger partial charge in [0, 0.05) is 39.8 Å². The van der Waals surface area contributed by atoms with Crippen LogP contribution in [-0.4, -0.2) is 68.7 Å². The van der Waals surface area contributed by atoms with E-state index >= 15 is 0 Å². The van der Waals surface area contributed by atoms with Crippen LogP contribution in [0.1, 0.15) is 24.0 Å². The largest absolute Gasteiger partial charge is 0.384 e. The monoisotopic (exact) mass is 345 g/mol. The molecule has 1 aromatic rings. The minimum absolute atomic E-state index is 0.297. The van der Waals surface area contributed by atoms with Gasteiger partial charge in [0.25, 0.3) is 0 Å². The van der Waals surface area contributed by atoms with Gasteiger partial charge in [-0.3, -0.25) is 9.69 Å². The van der Waals surface area contributed by atoms with Crippen molar-refractivity contribution in [2.45, 2.75) is 26.3 Å². The fourth-order valence-corrected chi connectivity index (χ4v) is 4.11. The zero-order valence-electron chi connectivity index (χ0n) is 15.6. The summed E-state index contributed by atoms with van der Waals surface area (Å²) < 4.78 is 5.42. The summed E-state index contributed by atoms with van der Waals surface area (Å²) in [5, 5.41) is 3.36. The van der Waals surface area contributed by atoms with Crippen LogP contribution in [0.2, 0.25) is 0 Å². The smallest absolute Gasteiger partial charge is 0.231 e. The van der Waals surface area contributed by atoms with Gasteiger partial charge in [-0.15, -0.1) is 0 Å². The Labute approximate surface area is 151 Å². The molecule has 2 aliphatic heterocycles. The average Bonchev–Trinajstić information content (AvgIpc) is 2.63. The van der Waals surface area contributed by atoms with Gasteiger partial charge in [-0.25, -0.2) is 0 Å². The molecule has 0 unspecified atom stereocenters. The SMILES string of the molecule is COCC1(C(=O)N2CCN(Cc3cccc(C)c3)CC2)CCNCC1. The molecule has 1 amide bonds. The van der Waals surface area contributed by atoms with Crippen molar-refractivity contribution in [1.82, 2.24) is 15.1 Å². The van der Waals surface area contributed by atoms with E-state index in [1.54, 1.807) is 7.11 Å². The number of aryl methyl sites for hydroxylation is 1. The van der Waals surface area contributed by atoms with Crippen LogP contribution in [-0.2, 0) is 16.1 Å². The number of nitrogens with zero attached hydrogens (tertiary/aromatic N) is 2. The minimum Gasteiger partial charge on any atom is -0.384 e. The van der Waals surface area contributed by atoms with Gasteiger partial charge < -0.3 is 15.0 Å². The second-order valence-corrected chi connectivity index (χ2v) is 7.52. The number of piperidine rings is 1. The zero-order chi connectivity index (χ0) is 17.7. The van der Waals surface area contributed by atoms with Crippen LogP contribution >= 0.6 is 0 Å². The number of rotatable bonds is 5. The molecule has 0 saturated carbocycles. The Morgan fingerprint density at radius 3 is 2.56 bits per heavy atom. The molecule has 2 heterocycles. The first-order valence-electron chi connectivity index (χ1n) is 9.40. The Hall–Kier alpha value is -1.43. The number of amides is 1. The first-order valence-corrected chi connectivity index (χ1v) is 9.40. The molecule has 5 heteroatoms. The lowest BCUT2D eigenvalue weighted by Crippen LogP contribution is -2.56. The maximum absolute atomic E-state index is 13.2. The summed E-state index contributed by atoms with van der Waals surface area (Å²) in [6.07, 6.45) is 1.76. The number of benzene rings is 1. The number of hydrogen-bond donors (Lipinski definition) is 1. The number of carbonyl (C=O) groups is 1. The summed E-state index contributed by atoms with van der Waals surface area (Å²) in [4.78, 5) is 17.7. The highest BCUT2D eigenvalue weighted by Gasteiger charge is 2.42. The van der Waals surface area contributed by atoms with E-state index in [4.69, 9.17) is 4.74 Å². The molecule has 25 heavy (non-hydrogen) atoms. The zero-order valence-corrected chi connectivity index (χ0v) is 15.6. The predicted octanol–water partition coefficient (Wildman–Crippen LogP) is 1.66. The van der Waals surface area contributed by atoms with E-state index in [-0.39, 0.29) is 5.41 Å². The van der Waals surface area contributed by atoms with Crippen LogP contribution < -0.4 is 5.32 Å². The Morgan fingerprint density at radius 2 is 1.92 bits per heavy atom. The van der Waals surface area contributed by atoms with E-state index in [0.717, 1.165) is 58.7 Å². The van der Waals surface area contributed by atoms with E-state index in [1.807, 2.05) is 0 Å². The molecule has 1 N–H and O–H groups in total. The van der Waals surface area contributed by atoms with Crippen LogP contribution in [0.3, 0.4) is 0 Å². The Bertz CT molecular complexity index is 571. The second kappa shape index (κ2) is 8.30. The number of ether oxygens (including phenoxy) is 1. The van der Waals surface area contributed by atoms with Crippen molar-refractivity contribution < 1.29 is 9.53 Å². The summed E-state index contributed by atoms with van der Waals surface area (Å²) in [5.41, 5.74) is 2.34. The maximum atomic E-state index is 13.2. The molecular weight excluding hydrogens is 314 g/mol. The van der Waals surface area contributed by atoms with Gasteiger partial charge in [-0.2, -0.15) is 0 Å². The van der Waals surface area contributed by atoms with E-state index in [1.165, 1.54) is 11.1 Å². The highest BCUT2D eigenvalue weighted by molar-refractivity contribution is 5.83. The summed E-state index contributed by atoms with van der Waals surface area (Å²) in [5.74, 6) is 0.297. The standard InChI is InChI=1S/C20H31N3O2/c1-17-4-3-5-18(14-17)15-22-10-12-23(13-11-22)19(24)20(16-25-2)6-8-21-9-7-20/h3-5,14,21H,6-13,15-16H2,1-2H3.